The number of aliphatic hydroxyl groups is 1. The Kier molecular flexibility index (Phi) is 4.58. The maximum Gasteiger partial charge on any atom is 0.414 e. The van der Waals surface area contributed by atoms with E-state index in [0.29, 0.717) is 39.0 Å². The smallest absolute Gasteiger partial charge is 0.375 e. The lowest BCUT2D eigenvalue weighted by Gasteiger charge is -2.35. The van der Waals surface area contributed by atoms with Crippen LogP contribution in [0.4, 0.5) is 10.5 Å². The number of aromatic amines is 1. The molecule has 0 saturated carbocycles. The van der Waals surface area contributed by atoms with Crippen LogP contribution in [0.2, 0.25) is 0 Å². The molecule has 0 radical (unpaired) electrons. The van der Waals surface area contributed by atoms with Crippen LogP contribution in [-0.4, -0.2) is 34.1 Å². The van der Waals surface area contributed by atoms with Crippen molar-refractivity contribution in [3.63, 3.8) is 0 Å². The van der Waals surface area contributed by atoms with Gasteiger partial charge in [0, 0.05) is 29.4 Å². The number of nitrogens with zero attached hydrogens (tertiary/aromatic N) is 3. The number of imidazole rings is 1. The minimum atomic E-state index is -1.84. The zero-order valence-corrected chi connectivity index (χ0v) is 17.4. The molecule has 4 aromatic rings. The molecule has 0 bridgehead atoms. The second kappa shape index (κ2) is 7.47. The molecule has 9 nitrogen and oxygen atoms in total. The number of aromatic nitrogens is 2. The third-order valence-corrected chi connectivity index (χ3v) is 5.55. The molecule has 2 amide bonds. The van der Waals surface area contributed by atoms with E-state index in [9.17, 15) is 20.0 Å². The molecule has 2 heterocycles. The molecular weight excluding hydrogens is 422 g/mol. The average Bonchev–Trinajstić information content (AvgIpc) is 3.34. The van der Waals surface area contributed by atoms with Crippen molar-refractivity contribution in [2.75, 3.05) is 11.9 Å². The normalized spacial score (nSPS) is 17.0. The van der Waals surface area contributed by atoms with Gasteiger partial charge in [-0.2, -0.15) is 10.2 Å². The summed E-state index contributed by atoms with van der Waals surface area (Å²) in [6, 6.07) is 20.3. The van der Waals surface area contributed by atoms with Crippen molar-refractivity contribution in [3.05, 3.63) is 89.0 Å². The molecule has 0 fully saturated rings. The van der Waals surface area contributed by atoms with Crippen molar-refractivity contribution in [2.45, 2.75) is 5.72 Å². The number of rotatable bonds is 3. The molecule has 3 N–H and O–H groups in total. The Balaban J connectivity index is 1.69. The molecule has 3 aromatic carbocycles. The predicted octanol–water partition coefficient (Wildman–Crippen LogP) is 3.01. The van der Waals surface area contributed by atoms with E-state index in [2.05, 4.69) is 21.4 Å². The lowest BCUT2D eigenvalue weighted by atomic mass is 9.93. The van der Waals surface area contributed by atoms with Crippen molar-refractivity contribution >= 4 is 28.7 Å². The maximum atomic E-state index is 13.4. The first-order valence-electron chi connectivity index (χ1n) is 10.0. The summed E-state index contributed by atoms with van der Waals surface area (Å²) in [5, 5.41) is 23.8. The molecule has 1 aliphatic rings. The van der Waals surface area contributed by atoms with Crippen molar-refractivity contribution in [1.29, 1.82) is 5.26 Å². The standard InChI is InChI=1S/C24H17N5O4/c1-26-23(31)33-22-27-19-10-9-15(12-20(19)28-22)24(32)18-8-3-2-7-17(18)21(30)29(24)16-6-4-5-14(11-16)13-25/h2-12,32H,1H3,(H,26,31)(H,27,28). The van der Waals surface area contributed by atoms with Crippen LogP contribution in [0.5, 0.6) is 6.01 Å². The molecular formula is C24H17N5O4. The Morgan fingerprint density at radius 2 is 2.00 bits per heavy atom. The van der Waals surface area contributed by atoms with Crippen LogP contribution < -0.4 is 15.0 Å². The summed E-state index contributed by atoms with van der Waals surface area (Å²) >= 11 is 0. The van der Waals surface area contributed by atoms with Gasteiger partial charge in [0.25, 0.3) is 5.91 Å². The van der Waals surface area contributed by atoms with Crippen LogP contribution in [-0.2, 0) is 5.72 Å². The molecule has 0 spiro atoms. The van der Waals surface area contributed by atoms with E-state index in [1.807, 2.05) is 0 Å². The predicted molar refractivity (Wildman–Crippen MR) is 119 cm³/mol. The second-order valence-electron chi connectivity index (χ2n) is 7.43. The lowest BCUT2D eigenvalue weighted by molar-refractivity contribution is 0.0704. The molecule has 1 aliphatic heterocycles. The summed E-state index contributed by atoms with van der Waals surface area (Å²) in [6.45, 7) is 0. The maximum absolute atomic E-state index is 13.4. The van der Waals surface area contributed by atoms with Crippen LogP contribution in [0, 0.1) is 11.3 Å². The molecule has 1 unspecified atom stereocenters. The highest BCUT2D eigenvalue weighted by Crippen LogP contribution is 2.45. The van der Waals surface area contributed by atoms with Crippen LogP contribution in [0.3, 0.4) is 0 Å². The number of H-pyrrole nitrogens is 1. The highest BCUT2D eigenvalue weighted by Gasteiger charge is 2.50. The van der Waals surface area contributed by atoms with Crippen molar-refractivity contribution < 1.29 is 19.4 Å². The minimum absolute atomic E-state index is 0.00466. The van der Waals surface area contributed by atoms with Gasteiger partial charge in [-0.25, -0.2) is 4.79 Å². The summed E-state index contributed by atoms with van der Waals surface area (Å²) in [7, 11) is 1.43. The van der Waals surface area contributed by atoms with Gasteiger partial charge in [-0.15, -0.1) is 0 Å². The molecule has 5 rings (SSSR count). The van der Waals surface area contributed by atoms with Crippen LogP contribution >= 0.6 is 0 Å². The van der Waals surface area contributed by atoms with Gasteiger partial charge in [0.05, 0.1) is 22.7 Å². The molecule has 0 saturated heterocycles. The topological polar surface area (TPSA) is 131 Å². The zero-order chi connectivity index (χ0) is 23.2. The number of nitrogens with one attached hydrogen (secondary N) is 2. The van der Waals surface area contributed by atoms with Gasteiger partial charge in [0.15, 0.2) is 5.72 Å². The summed E-state index contributed by atoms with van der Waals surface area (Å²) in [6.07, 6.45) is -0.674. The SMILES string of the molecule is CNC(=O)Oc1nc2ccc(C3(O)c4ccccc4C(=O)N3c3cccc(C#N)c3)cc2[nH]1. The van der Waals surface area contributed by atoms with E-state index in [1.54, 1.807) is 66.7 Å². The van der Waals surface area contributed by atoms with E-state index in [-0.39, 0.29) is 6.01 Å². The van der Waals surface area contributed by atoms with Crippen LogP contribution in [0.1, 0.15) is 27.0 Å². The van der Waals surface area contributed by atoms with Crippen molar-refractivity contribution in [1.82, 2.24) is 15.3 Å². The first-order chi connectivity index (χ1) is 16.0. The van der Waals surface area contributed by atoms with E-state index in [1.165, 1.54) is 11.9 Å². The Labute approximate surface area is 187 Å². The van der Waals surface area contributed by atoms with Gasteiger partial charge in [0.1, 0.15) is 0 Å². The summed E-state index contributed by atoms with van der Waals surface area (Å²) in [5.74, 6) is -0.392. The monoisotopic (exact) mass is 439 g/mol. The van der Waals surface area contributed by atoms with E-state index in [4.69, 9.17) is 4.74 Å². The number of ether oxygens (including phenoxy) is 1. The van der Waals surface area contributed by atoms with Gasteiger partial charge in [-0.3, -0.25) is 9.69 Å². The number of fused-ring (bicyclic) bond motifs is 2. The van der Waals surface area contributed by atoms with Gasteiger partial charge < -0.3 is 20.1 Å². The van der Waals surface area contributed by atoms with Crippen LogP contribution in [0.15, 0.2) is 66.7 Å². The number of carbonyl (C=O) groups excluding carboxylic acids is 2. The minimum Gasteiger partial charge on any atom is -0.375 e. The number of carbonyl (C=O) groups is 2. The summed E-state index contributed by atoms with van der Waals surface area (Å²) < 4.78 is 5.05. The third-order valence-electron chi connectivity index (χ3n) is 5.55. The third kappa shape index (κ3) is 3.09. The Hall–Kier alpha value is -4.68. The summed E-state index contributed by atoms with van der Waals surface area (Å²) in [5.41, 5.74) is 1.08. The van der Waals surface area contributed by atoms with Crippen LogP contribution in [0.25, 0.3) is 11.0 Å². The molecule has 162 valence electrons. The number of hydrogen-bond acceptors (Lipinski definition) is 6. The Bertz CT molecular complexity index is 1470. The highest BCUT2D eigenvalue weighted by molar-refractivity contribution is 6.12. The molecule has 1 atom stereocenters. The fourth-order valence-electron chi connectivity index (χ4n) is 4.05. The lowest BCUT2D eigenvalue weighted by Crippen LogP contribution is -2.45. The number of nitriles is 1. The quantitative estimate of drug-likeness (QED) is 0.450. The van der Waals surface area contributed by atoms with E-state index < -0.39 is 17.7 Å². The van der Waals surface area contributed by atoms with Gasteiger partial charge in [-0.1, -0.05) is 30.3 Å². The number of benzene rings is 3. The second-order valence-corrected chi connectivity index (χ2v) is 7.43. The van der Waals surface area contributed by atoms with Gasteiger partial charge in [-0.05, 0) is 36.4 Å². The highest BCUT2D eigenvalue weighted by atomic mass is 16.6. The summed E-state index contributed by atoms with van der Waals surface area (Å²) in [4.78, 5) is 33.3. The molecule has 1 aromatic heterocycles. The molecule has 0 aliphatic carbocycles. The zero-order valence-electron chi connectivity index (χ0n) is 17.4. The molecule has 9 heteroatoms. The average molecular weight is 439 g/mol. The Morgan fingerprint density at radius 1 is 1.18 bits per heavy atom. The Morgan fingerprint density at radius 3 is 2.79 bits per heavy atom. The van der Waals surface area contributed by atoms with E-state index in [0.717, 1.165) is 0 Å². The fraction of sp³-hybridized carbons (Fsp3) is 0.0833. The van der Waals surface area contributed by atoms with E-state index >= 15 is 0 Å². The van der Waals surface area contributed by atoms with Crippen molar-refractivity contribution in [2.24, 2.45) is 0 Å². The fourth-order valence-corrected chi connectivity index (χ4v) is 4.05. The van der Waals surface area contributed by atoms with Crippen molar-refractivity contribution in [3.8, 4) is 12.1 Å². The first-order valence-corrected chi connectivity index (χ1v) is 10.0. The number of anilines is 1. The number of amides is 2. The number of hydrogen-bond donors (Lipinski definition) is 3. The van der Waals surface area contributed by atoms with Gasteiger partial charge >= 0.3 is 12.1 Å². The largest absolute Gasteiger partial charge is 0.414 e. The van der Waals surface area contributed by atoms with Gasteiger partial charge in [0.2, 0.25) is 0 Å². The first kappa shape index (κ1) is 20.2. The molecule has 33 heavy (non-hydrogen) atoms.